The monoisotopic (exact) mass is 279 g/mol. The highest BCUT2D eigenvalue weighted by Crippen LogP contribution is 2.17. The maximum absolute atomic E-state index is 11.9. The van der Waals surface area contributed by atoms with Crippen LogP contribution < -0.4 is 5.32 Å². The zero-order chi connectivity index (χ0) is 14.0. The molecule has 2 aromatic rings. The third kappa shape index (κ3) is 3.37. The topological polar surface area (TPSA) is 83.6 Å². The van der Waals surface area contributed by atoms with E-state index in [1.54, 1.807) is 17.5 Å². The van der Waals surface area contributed by atoms with Crippen LogP contribution in [-0.4, -0.2) is 26.1 Å². The average molecular weight is 279 g/mol. The van der Waals surface area contributed by atoms with Crippen LogP contribution in [0.25, 0.3) is 0 Å². The Kier molecular flexibility index (Phi) is 3.66. The second kappa shape index (κ2) is 5.08. The van der Waals surface area contributed by atoms with Gasteiger partial charge in [0.1, 0.15) is 10.8 Å². The van der Waals surface area contributed by atoms with Gasteiger partial charge in [-0.2, -0.15) is 0 Å². The molecule has 7 heteroatoms. The van der Waals surface area contributed by atoms with Gasteiger partial charge < -0.3 is 5.32 Å². The molecule has 6 nitrogen and oxygen atoms in total. The van der Waals surface area contributed by atoms with Gasteiger partial charge >= 0.3 is 0 Å². The summed E-state index contributed by atoms with van der Waals surface area (Å²) in [6, 6.07) is 0. The molecular formula is C12H17N5OS. The van der Waals surface area contributed by atoms with Crippen molar-refractivity contribution in [1.82, 2.24) is 25.5 Å². The first-order chi connectivity index (χ1) is 8.86. The van der Waals surface area contributed by atoms with Gasteiger partial charge in [0.25, 0.3) is 5.91 Å². The van der Waals surface area contributed by atoms with Crippen LogP contribution in [0, 0.1) is 6.92 Å². The smallest absolute Gasteiger partial charge is 0.291 e. The SMILES string of the molecule is Cc1cnc(CNC(=O)c2n[nH]c(C(C)(C)C)n2)s1. The Bertz CT molecular complexity index is 581. The van der Waals surface area contributed by atoms with Crippen LogP contribution in [0.2, 0.25) is 0 Å². The van der Waals surface area contributed by atoms with E-state index in [-0.39, 0.29) is 17.1 Å². The summed E-state index contributed by atoms with van der Waals surface area (Å²) in [5, 5.41) is 10.4. The zero-order valence-corrected chi connectivity index (χ0v) is 12.3. The Labute approximate surface area is 115 Å². The Hall–Kier alpha value is -1.76. The number of rotatable bonds is 3. The van der Waals surface area contributed by atoms with E-state index < -0.39 is 0 Å². The summed E-state index contributed by atoms with van der Waals surface area (Å²) in [7, 11) is 0. The molecule has 0 aliphatic carbocycles. The van der Waals surface area contributed by atoms with E-state index in [4.69, 9.17) is 0 Å². The standard InChI is InChI=1S/C12H17N5OS/c1-7-5-13-8(19-7)6-14-10(18)9-15-11(17-16-9)12(2,3)4/h5H,6H2,1-4H3,(H,14,18)(H,15,16,17). The third-order valence-corrected chi connectivity index (χ3v) is 3.38. The number of aromatic nitrogens is 4. The number of nitrogens with one attached hydrogen (secondary N) is 2. The third-order valence-electron chi connectivity index (χ3n) is 2.47. The molecule has 0 aliphatic heterocycles. The highest BCUT2D eigenvalue weighted by atomic mass is 32.1. The van der Waals surface area contributed by atoms with E-state index in [0.717, 1.165) is 9.88 Å². The zero-order valence-electron chi connectivity index (χ0n) is 11.4. The van der Waals surface area contributed by atoms with Gasteiger partial charge in [0, 0.05) is 16.5 Å². The minimum atomic E-state index is -0.292. The normalized spacial score (nSPS) is 11.6. The molecule has 0 bridgehead atoms. The van der Waals surface area contributed by atoms with Crippen molar-refractivity contribution in [3.05, 3.63) is 27.7 Å². The van der Waals surface area contributed by atoms with Crippen molar-refractivity contribution in [3.63, 3.8) is 0 Å². The first kappa shape index (κ1) is 13.7. The van der Waals surface area contributed by atoms with Gasteiger partial charge in [0.05, 0.1) is 6.54 Å². The molecule has 2 rings (SSSR count). The number of hydrogen-bond acceptors (Lipinski definition) is 5. The molecule has 2 aromatic heterocycles. The highest BCUT2D eigenvalue weighted by Gasteiger charge is 2.21. The molecule has 0 spiro atoms. The van der Waals surface area contributed by atoms with E-state index in [0.29, 0.717) is 12.4 Å². The van der Waals surface area contributed by atoms with Gasteiger partial charge in [0.15, 0.2) is 0 Å². The lowest BCUT2D eigenvalue weighted by Gasteiger charge is -2.12. The van der Waals surface area contributed by atoms with Gasteiger partial charge in [-0.1, -0.05) is 20.8 Å². The van der Waals surface area contributed by atoms with Crippen LogP contribution in [0.3, 0.4) is 0 Å². The van der Waals surface area contributed by atoms with Crippen molar-refractivity contribution < 1.29 is 4.79 Å². The summed E-state index contributed by atoms with van der Waals surface area (Å²) in [6.45, 7) is 8.40. The molecular weight excluding hydrogens is 262 g/mol. The fourth-order valence-electron chi connectivity index (χ4n) is 1.42. The first-order valence-corrected chi connectivity index (χ1v) is 6.80. The van der Waals surface area contributed by atoms with Crippen molar-refractivity contribution in [2.24, 2.45) is 0 Å². The molecule has 0 saturated heterocycles. The summed E-state index contributed by atoms with van der Waals surface area (Å²) in [6.07, 6.45) is 1.79. The molecule has 19 heavy (non-hydrogen) atoms. The maximum atomic E-state index is 11.9. The molecule has 102 valence electrons. The molecule has 1 amide bonds. The number of amides is 1. The summed E-state index contributed by atoms with van der Waals surface area (Å²) in [4.78, 5) is 21.4. The predicted molar refractivity (Wildman–Crippen MR) is 73.1 cm³/mol. The van der Waals surface area contributed by atoms with Gasteiger partial charge in [-0.3, -0.25) is 9.89 Å². The van der Waals surface area contributed by atoms with Gasteiger partial charge in [0.2, 0.25) is 5.82 Å². The Morgan fingerprint density at radius 1 is 1.47 bits per heavy atom. The molecule has 2 N–H and O–H groups in total. The summed E-state index contributed by atoms with van der Waals surface area (Å²) < 4.78 is 0. The molecule has 0 atom stereocenters. The number of aryl methyl sites for hydroxylation is 1. The maximum Gasteiger partial charge on any atom is 0.291 e. The van der Waals surface area contributed by atoms with E-state index in [2.05, 4.69) is 25.5 Å². The van der Waals surface area contributed by atoms with Crippen molar-refractivity contribution in [2.45, 2.75) is 39.7 Å². The van der Waals surface area contributed by atoms with E-state index >= 15 is 0 Å². The number of H-pyrrole nitrogens is 1. The van der Waals surface area contributed by atoms with Gasteiger partial charge in [-0.15, -0.1) is 16.4 Å². The lowest BCUT2D eigenvalue weighted by molar-refractivity contribution is 0.0941. The lowest BCUT2D eigenvalue weighted by Crippen LogP contribution is -2.24. The van der Waals surface area contributed by atoms with Crippen molar-refractivity contribution in [2.75, 3.05) is 0 Å². The second-order valence-corrected chi connectivity index (χ2v) is 6.62. The minimum absolute atomic E-state index is 0.155. The molecule has 0 aromatic carbocycles. The van der Waals surface area contributed by atoms with Crippen molar-refractivity contribution in [3.8, 4) is 0 Å². The molecule has 2 heterocycles. The fraction of sp³-hybridized carbons (Fsp3) is 0.500. The summed E-state index contributed by atoms with van der Waals surface area (Å²) >= 11 is 1.56. The van der Waals surface area contributed by atoms with E-state index in [1.807, 2.05) is 27.7 Å². The van der Waals surface area contributed by atoms with Crippen LogP contribution in [0.15, 0.2) is 6.20 Å². The molecule has 0 fully saturated rings. The average Bonchev–Trinajstić information content (AvgIpc) is 2.93. The molecule has 0 unspecified atom stereocenters. The molecule has 0 radical (unpaired) electrons. The Morgan fingerprint density at radius 3 is 2.74 bits per heavy atom. The van der Waals surface area contributed by atoms with Crippen LogP contribution in [0.4, 0.5) is 0 Å². The van der Waals surface area contributed by atoms with Crippen molar-refractivity contribution in [1.29, 1.82) is 0 Å². The number of carbonyl (C=O) groups excluding carboxylic acids is 1. The Balaban J connectivity index is 1.98. The predicted octanol–water partition coefficient (Wildman–Crippen LogP) is 1.80. The fourth-order valence-corrected chi connectivity index (χ4v) is 2.14. The van der Waals surface area contributed by atoms with E-state index in [1.165, 1.54) is 0 Å². The van der Waals surface area contributed by atoms with Gasteiger partial charge in [-0.25, -0.2) is 9.97 Å². The number of carbonyl (C=O) groups is 1. The number of nitrogens with zero attached hydrogens (tertiary/aromatic N) is 3. The summed E-state index contributed by atoms with van der Waals surface area (Å²) in [5.41, 5.74) is -0.155. The van der Waals surface area contributed by atoms with E-state index in [9.17, 15) is 4.79 Å². The quantitative estimate of drug-likeness (QED) is 0.897. The molecule has 0 aliphatic rings. The first-order valence-electron chi connectivity index (χ1n) is 5.98. The van der Waals surface area contributed by atoms with Crippen LogP contribution >= 0.6 is 11.3 Å². The largest absolute Gasteiger partial charge is 0.343 e. The minimum Gasteiger partial charge on any atom is -0.343 e. The molecule has 0 saturated carbocycles. The van der Waals surface area contributed by atoms with Crippen molar-refractivity contribution >= 4 is 17.2 Å². The number of thiazole rings is 1. The highest BCUT2D eigenvalue weighted by molar-refractivity contribution is 7.11. The summed E-state index contributed by atoms with van der Waals surface area (Å²) in [5.74, 6) is 0.570. The van der Waals surface area contributed by atoms with Crippen LogP contribution in [0.5, 0.6) is 0 Å². The van der Waals surface area contributed by atoms with Gasteiger partial charge in [-0.05, 0) is 6.92 Å². The number of aromatic amines is 1. The second-order valence-electron chi connectivity index (χ2n) is 5.30. The van der Waals surface area contributed by atoms with Crippen LogP contribution in [0.1, 0.15) is 47.1 Å². The number of hydrogen-bond donors (Lipinski definition) is 2. The lowest BCUT2D eigenvalue weighted by atomic mass is 9.96. The Morgan fingerprint density at radius 2 is 2.21 bits per heavy atom. The van der Waals surface area contributed by atoms with Crippen LogP contribution in [-0.2, 0) is 12.0 Å².